The summed E-state index contributed by atoms with van der Waals surface area (Å²) < 4.78 is 68.3. The Bertz CT molecular complexity index is 910. The molecule has 0 radical (unpaired) electrons. The summed E-state index contributed by atoms with van der Waals surface area (Å²) in [6.07, 6.45) is -3.14. The minimum Gasteiger partial charge on any atom is -0.460 e. The number of rotatable bonds is 7. The summed E-state index contributed by atoms with van der Waals surface area (Å²) >= 11 is 0. The van der Waals surface area contributed by atoms with Gasteiger partial charge in [0.25, 0.3) is 0 Å². The van der Waals surface area contributed by atoms with Crippen molar-refractivity contribution in [3.63, 3.8) is 0 Å². The average molecular weight is 399 g/mol. The van der Waals surface area contributed by atoms with E-state index in [-0.39, 0.29) is 5.56 Å². The molecule has 0 aliphatic heterocycles. The number of hydrogen-bond donors (Lipinski definition) is 1. The Kier molecular flexibility index (Phi) is 6.75. The fraction of sp³-hybridized carbons (Fsp3) is 0.167. The SMILES string of the molecule is O=C(CNS(=O)(=O)C=Cc1ccccc1)OCc1cccc(C(F)(F)F)c1. The van der Waals surface area contributed by atoms with E-state index in [1.165, 1.54) is 18.2 Å². The summed E-state index contributed by atoms with van der Waals surface area (Å²) in [5.74, 6) is -0.913. The van der Waals surface area contributed by atoms with Gasteiger partial charge in [-0.15, -0.1) is 0 Å². The third-order valence-electron chi connectivity index (χ3n) is 3.31. The highest BCUT2D eigenvalue weighted by atomic mass is 32.2. The molecule has 27 heavy (non-hydrogen) atoms. The fourth-order valence-electron chi connectivity index (χ4n) is 1.99. The number of benzene rings is 2. The van der Waals surface area contributed by atoms with Gasteiger partial charge in [0, 0.05) is 5.41 Å². The highest BCUT2D eigenvalue weighted by molar-refractivity contribution is 7.92. The molecule has 0 aliphatic rings. The number of ether oxygens (including phenoxy) is 1. The van der Waals surface area contributed by atoms with E-state index in [1.807, 2.05) is 4.72 Å². The number of nitrogens with one attached hydrogen (secondary N) is 1. The van der Waals surface area contributed by atoms with Crippen LogP contribution in [0, 0.1) is 0 Å². The van der Waals surface area contributed by atoms with Crippen LogP contribution in [0.25, 0.3) is 6.08 Å². The van der Waals surface area contributed by atoms with Crippen molar-refractivity contribution >= 4 is 22.1 Å². The van der Waals surface area contributed by atoms with Gasteiger partial charge in [-0.25, -0.2) is 13.1 Å². The van der Waals surface area contributed by atoms with Gasteiger partial charge in [0.1, 0.15) is 13.2 Å². The lowest BCUT2D eigenvalue weighted by molar-refractivity contribution is -0.143. The number of esters is 1. The second-order valence-corrected chi connectivity index (χ2v) is 7.09. The normalized spacial score (nSPS) is 12.3. The largest absolute Gasteiger partial charge is 0.460 e. The Hall–Kier alpha value is -2.65. The lowest BCUT2D eigenvalue weighted by atomic mass is 10.1. The van der Waals surface area contributed by atoms with Crippen LogP contribution in [0.5, 0.6) is 0 Å². The molecule has 0 unspecified atom stereocenters. The van der Waals surface area contributed by atoms with Gasteiger partial charge in [0.2, 0.25) is 10.0 Å². The number of halogens is 3. The van der Waals surface area contributed by atoms with E-state index in [1.54, 1.807) is 30.3 Å². The topological polar surface area (TPSA) is 72.5 Å². The molecule has 0 bridgehead atoms. The third kappa shape index (κ3) is 7.24. The average Bonchev–Trinajstić information content (AvgIpc) is 2.64. The van der Waals surface area contributed by atoms with Crippen LogP contribution in [0.2, 0.25) is 0 Å². The summed E-state index contributed by atoms with van der Waals surface area (Å²) in [5, 5.41) is 0.905. The van der Waals surface area contributed by atoms with Gasteiger partial charge in [0.15, 0.2) is 0 Å². The second-order valence-electron chi connectivity index (χ2n) is 5.44. The molecule has 144 valence electrons. The van der Waals surface area contributed by atoms with E-state index in [0.29, 0.717) is 5.56 Å². The molecule has 1 N–H and O–H groups in total. The molecule has 2 aromatic carbocycles. The van der Waals surface area contributed by atoms with Crippen LogP contribution in [-0.2, 0) is 32.3 Å². The van der Waals surface area contributed by atoms with Crippen LogP contribution >= 0.6 is 0 Å². The fourth-order valence-corrected chi connectivity index (χ4v) is 2.74. The molecule has 9 heteroatoms. The number of sulfonamides is 1. The van der Waals surface area contributed by atoms with Crippen molar-refractivity contribution in [3.05, 3.63) is 76.7 Å². The monoisotopic (exact) mass is 399 g/mol. The van der Waals surface area contributed by atoms with Crippen molar-refractivity contribution in [2.45, 2.75) is 12.8 Å². The van der Waals surface area contributed by atoms with Crippen LogP contribution in [0.4, 0.5) is 13.2 Å². The lowest BCUT2D eigenvalue weighted by Crippen LogP contribution is -2.29. The van der Waals surface area contributed by atoms with E-state index in [4.69, 9.17) is 4.74 Å². The maximum absolute atomic E-state index is 12.6. The number of carbonyl (C=O) groups excluding carboxylic acids is 1. The predicted molar refractivity (Wildman–Crippen MR) is 93.6 cm³/mol. The van der Waals surface area contributed by atoms with Gasteiger partial charge in [-0.1, -0.05) is 42.5 Å². The van der Waals surface area contributed by atoms with Gasteiger partial charge < -0.3 is 4.74 Å². The highest BCUT2D eigenvalue weighted by Crippen LogP contribution is 2.29. The van der Waals surface area contributed by atoms with Crippen molar-refractivity contribution in [3.8, 4) is 0 Å². The molecule has 0 saturated heterocycles. The molecule has 0 spiro atoms. The molecule has 5 nitrogen and oxygen atoms in total. The van der Waals surface area contributed by atoms with Crippen molar-refractivity contribution in [1.82, 2.24) is 4.72 Å². The Labute approximate surface area is 154 Å². The molecular formula is C18H16F3NO4S. The molecule has 2 rings (SSSR count). The molecule has 2 aromatic rings. The third-order valence-corrected chi connectivity index (χ3v) is 4.35. The Balaban J connectivity index is 1.85. The van der Waals surface area contributed by atoms with Crippen molar-refractivity contribution in [2.75, 3.05) is 6.54 Å². The molecular weight excluding hydrogens is 383 g/mol. The number of carbonyl (C=O) groups is 1. The van der Waals surface area contributed by atoms with Gasteiger partial charge in [-0.3, -0.25) is 4.79 Å². The van der Waals surface area contributed by atoms with Gasteiger partial charge in [0.05, 0.1) is 5.56 Å². The minimum atomic E-state index is -4.50. The van der Waals surface area contributed by atoms with Crippen LogP contribution in [-0.4, -0.2) is 20.9 Å². The van der Waals surface area contributed by atoms with Crippen molar-refractivity contribution < 1.29 is 31.1 Å². The zero-order valence-electron chi connectivity index (χ0n) is 13.9. The molecule has 0 heterocycles. The Morgan fingerprint density at radius 2 is 1.78 bits per heavy atom. The summed E-state index contributed by atoms with van der Waals surface area (Å²) in [5.41, 5.74) is -0.0530. The van der Waals surface area contributed by atoms with E-state index >= 15 is 0 Å². The van der Waals surface area contributed by atoms with E-state index in [2.05, 4.69) is 0 Å². The molecule has 0 saturated carbocycles. The van der Waals surface area contributed by atoms with Crippen LogP contribution < -0.4 is 4.72 Å². The van der Waals surface area contributed by atoms with E-state index < -0.39 is 40.9 Å². The maximum Gasteiger partial charge on any atom is 0.416 e. The second kappa shape index (κ2) is 8.83. The minimum absolute atomic E-state index is 0.144. The maximum atomic E-state index is 12.6. The zero-order chi connectivity index (χ0) is 19.9. The highest BCUT2D eigenvalue weighted by Gasteiger charge is 2.30. The predicted octanol–water partition coefficient (Wildman–Crippen LogP) is 3.34. The summed E-state index contributed by atoms with van der Waals surface area (Å²) in [6, 6.07) is 13.0. The van der Waals surface area contributed by atoms with Gasteiger partial charge >= 0.3 is 12.1 Å². The van der Waals surface area contributed by atoms with Crippen LogP contribution in [0.15, 0.2) is 60.0 Å². The Morgan fingerprint density at radius 1 is 1.07 bits per heavy atom. The first-order chi connectivity index (χ1) is 12.7. The quantitative estimate of drug-likeness (QED) is 0.725. The molecule has 0 aromatic heterocycles. The van der Waals surface area contributed by atoms with E-state index in [9.17, 15) is 26.4 Å². The Morgan fingerprint density at radius 3 is 2.44 bits per heavy atom. The summed E-state index contributed by atoms with van der Waals surface area (Å²) in [6.45, 7) is -1.04. The molecule has 0 amide bonds. The summed E-state index contributed by atoms with van der Waals surface area (Å²) in [7, 11) is -3.86. The van der Waals surface area contributed by atoms with E-state index in [0.717, 1.165) is 17.5 Å². The van der Waals surface area contributed by atoms with Crippen molar-refractivity contribution in [2.24, 2.45) is 0 Å². The molecule has 0 fully saturated rings. The lowest BCUT2D eigenvalue weighted by Gasteiger charge is -2.09. The first-order valence-corrected chi connectivity index (χ1v) is 9.25. The number of alkyl halides is 3. The zero-order valence-corrected chi connectivity index (χ0v) is 14.8. The molecule has 0 atom stereocenters. The van der Waals surface area contributed by atoms with Gasteiger partial charge in [-0.2, -0.15) is 13.2 Å². The molecule has 0 aliphatic carbocycles. The van der Waals surface area contributed by atoms with Gasteiger partial charge in [-0.05, 0) is 29.3 Å². The smallest absolute Gasteiger partial charge is 0.416 e. The van der Waals surface area contributed by atoms with Crippen LogP contribution in [0.3, 0.4) is 0 Å². The standard InChI is InChI=1S/C18H16F3NO4S/c19-18(20,21)16-8-4-7-15(11-16)13-26-17(23)12-22-27(24,25)10-9-14-5-2-1-3-6-14/h1-11,22H,12-13H2. The first kappa shape index (κ1) is 20.7. The van der Waals surface area contributed by atoms with Crippen molar-refractivity contribution in [1.29, 1.82) is 0 Å². The summed E-state index contributed by atoms with van der Waals surface area (Å²) in [4.78, 5) is 11.6. The number of hydrogen-bond acceptors (Lipinski definition) is 4. The first-order valence-electron chi connectivity index (χ1n) is 7.70. The van der Waals surface area contributed by atoms with Crippen LogP contribution in [0.1, 0.15) is 16.7 Å².